The summed E-state index contributed by atoms with van der Waals surface area (Å²) < 4.78 is 0. The van der Waals surface area contributed by atoms with Gasteiger partial charge in [-0.2, -0.15) is 0 Å². The van der Waals surface area contributed by atoms with Crippen LogP contribution in [0, 0.1) is 6.07 Å². The summed E-state index contributed by atoms with van der Waals surface area (Å²) in [6.07, 6.45) is 6.30. The first-order valence-corrected chi connectivity index (χ1v) is 8.79. The standard InChI is InChI=1S/C23H16BN2.Ir/c1-2-10-18(11-3-1)23-24-16-8-9-17-26(24)22-15-7-5-13-20(22)19-12-4-6-14-21(19)25-23;/h1-10,12-17H;/q-1;. The van der Waals surface area contributed by atoms with Gasteiger partial charge in [0.05, 0.1) is 5.69 Å². The molecule has 0 bridgehead atoms. The normalized spacial score (nSPS) is 14.1. The van der Waals surface area contributed by atoms with Gasteiger partial charge in [-0.25, -0.2) is 0 Å². The smallest absolute Gasteiger partial charge is 0.284 e. The molecule has 0 unspecified atom stereocenters. The third kappa shape index (κ3) is 3.12. The van der Waals surface area contributed by atoms with Crippen LogP contribution < -0.4 is 4.81 Å². The Morgan fingerprint density at radius 1 is 0.815 bits per heavy atom. The van der Waals surface area contributed by atoms with Gasteiger partial charge < -0.3 is 9.80 Å². The van der Waals surface area contributed by atoms with Crippen molar-refractivity contribution in [1.29, 1.82) is 0 Å². The average molecular weight is 523 g/mol. The molecule has 0 aromatic heterocycles. The van der Waals surface area contributed by atoms with Crippen LogP contribution in [-0.2, 0) is 20.1 Å². The number of hydrogen-bond acceptors (Lipinski definition) is 2. The van der Waals surface area contributed by atoms with Crippen LogP contribution in [0.15, 0.2) is 102 Å². The number of para-hydroxylation sites is 2. The van der Waals surface area contributed by atoms with E-state index in [-0.39, 0.29) is 27.0 Å². The molecule has 0 spiro atoms. The number of rotatable bonds is 1. The van der Waals surface area contributed by atoms with Crippen LogP contribution in [0.1, 0.15) is 5.56 Å². The maximum atomic E-state index is 5.11. The van der Waals surface area contributed by atoms with Gasteiger partial charge in [-0.1, -0.05) is 48.4 Å². The van der Waals surface area contributed by atoms with Crippen LogP contribution in [-0.4, -0.2) is 12.5 Å². The Bertz CT molecular complexity index is 1060. The summed E-state index contributed by atoms with van der Waals surface area (Å²) >= 11 is 0. The third-order valence-electron chi connectivity index (χ3n) is 4.83. The van der Waals surface area contributed by atoms with Crippen molar-refractivity contribution < 1.29 is 20.1 Å². The largest absolute Gasteiger partial charge is 0.391 e. The summed E-state index contributed by atoms with van der Waals surface area (Å²) in [5.74, 6) is 2.20. The molecular formula is C23H16BIrN2-. The van der Waals surface area contributed by atoms with Gasteiger partial charge >= 0.3 is 0 Å². The van der Waals surface area contributed by atoms with Gasteiger partial charge in [0, 0.05) is 36.9 Å². The van der Waals surface area contributed by atoms with Crippen molar-refractivity contribution in [3.63, 3.8) is 0 Å². The van der Waals surface area contributed by atoms with E-state index < -0.39 is 0 Å². The zero-order valence-electron chi connectivity index (χ0n) is 14.5. The van der Waals surface area contributed by atoms with Gasteiger partial charge in [-0.05, 0) is 30.0 Å². The topological polar surface area (TPSA) is 15.6 Å². The zero-order valence-corrected chi connectivity index (χ0v) is 16.9. The maximum absolute atomic E-state index is 5.11. The number of hydrogen-bond donors (Lipinski definition) is 0. The predicted octanol–water partition coefficient (Wildman–Crippen LogP) is 5.25. The van der Waals surface area contributed by atoms with Crippen LogP contribution in [0.4, 0.5) is 11.4 Å². The summed E-state index contributed by atoms with van der Waals surface area (Å²) in [6, 6.07) is 28.3. The maximum Gasteiger partial charge on any atom is 0.284 e. The molecular weight excluding hydrogens is 507 g/mol. The first-order valence-electron chi connectivity index (χ1n) is 8.79. The van der Waals surface area contributed by atoms with E-state index in [1.807, 2.05) is 24.3 Å². The molecule has 5 rings (SSSR count). The molecule has 0 fully saturated rings. The van der Waals surface area contributed by atoms with Crippen molar-refractivity contribution in [3.05, 3.63) is 109 Å². The van der Waals surface area contributed by atoms with Crippen LogP contribution in [0.5, 0.6) is 0 Å². The summed E-state index contributed by atoms with van der Waals surface area (Å²) in [6.45, 7) is 0.0353. The Hall–Kier alpha value is -2.68. The molecule has 3 aromatic rings. The quantitative estimate of drug-likeness (QED) is 0.315. The average Bonchev–Trinajstić information content (AvgIpc) is 2.72. The van der Waals surface area contributed by atoms with Crippen molar-refractivity contribution in [3.8, 4) is 11.1 Å². The molecule has 1 radical (unpaired) electrons. The number of aliphatic imine (C=N–C) groups is 1. The fourth-order valence-corrected chi connectivity index (χ4v) is 3.64. The van der Waals surface area contributed by atoms with Crippen LogP contribution in [0.3, 0.4) is 0 Å². The van der Waals surface area contributed by atoms with Crippen LogP contribution in [0.25, 0.3) is 11.1 Å². The fourth-order valence-electron chi connectivity index (χ4n) is 3.64. The molecule has 4 heteroatoms. The van der Waals surface area contributed by atoms with Gasteiger partial charge in [-0.3, -0.25) is 0 Å². The summed E-state index contributed by atoms with van der Waals surface area (Å²) in [4.78, 5) is 7.41. The predicted molar refractivity (Wildman–Crippen MR) is 110 cm³/mol. The minimum atomic E-state index is 0. The molecule has 0 amide bonds. The number of fused-ring (bicyclic) bond motifs is 5. The number of allylic oxidation sites excluding steroid dienone is 2. The minimum Gasteiger partial charge on any atom is -0.391 e. The minimum absolute atomic E-state index is 0. The van der Waals surface area contributed by atoms with Crippen molar-refractivity contribution >= 4 is 23.8 Å². The van der Waals surface area contributed by atoms with Gasteiger partial charge in [0.2, 0.25) is 0 Å². The summed E-state index contributed by atoms with van der Waals surface area (Å²) in [5, 5.41) is 0. The summed E-state index contributed by atoms with van der Waals surface area (Å²) in [5.41, 5.74) is 6.57. The fraction of sp³-hybridized carbons (Fsp3) is 0. The molecule has 2 heterocycles. The molecule has 27 heavy (non-hydrogen) atoms. The number of nitrogens with zero attached hydrogens (tertiary/aromatic N) is 2. The SMILES string of the molecule is [Ir].[c-]1ccccc1C1=Nc2ccccc2-c2ccccc2N2C=CC=CB12. The Morgan fingerprint density at radius 3 is 2.44 bits per heavy atom. The molecule has 131 valence electrons. The van der Waals surface area contributed by atoms with Gasteiger partial charge in [0.15, 0.2) is 0 Å². The molecule has 0 atom stereocenters. The second-order valence-corrected chi connectivity index (χ2v) is 6.39. The van der Waals surface area contributed by atoms with Crippen LogP contribution >= 0.6 is 0 Å². The Morgan fingerprint density at radius 2 is 1.59 bits per heavy atom. The van der Waals surface area contributed by atoms with E-state index in [0.717, 1.165) is 22.4 Å². The Labute approximate surface area is 173 Å². The van der Waals surface area contributed by atoms with Crippen LogP contribution in [0.2, 0.25) is 0 Å². The molecule has 2 aliphatic rings. The van der Waals surface area contributed by atoms with E-state index >= 15 is 0 Å². The van der Waals surface area contributed by atoms with Crippen molar-refractivity contribution in [2.75, 3.05) is 4.81 Å². The Balaban J connectivity index is 0.00000180. The van der Waals surface area contributed by atoms with Gasteiger partial charge in [-0.15, -0.1) is 35.9 Å². The van der Waals surface area contributed by atoms with E-state index in [4.69, 9.17) is 4.99 Å². The first kappa shape index (κ1) is 17.7. The molecule has 3 aromatic carbocycles. The monoisotopic (exact) mass is 524 g/mol. The number of benzene rings is 3. The van der Waals surface area contributed by atoms with Crippen molar-refractivity contribution in [2.24, 2.45) is 4.99 Å². The second-order valence-electron chi connectivity index (χ2n) is 6.39. The van der Waals surface area contributed by atoms with E-state index in [2.05, 4.69) is 83.7 Å². The Kier molecular flexibility index (Phi) is 4.93. The molecule has 0 N–H and O–H groups in total. The van der Waals surface area contributed by atoms with E-state index in [1.165, 1.54) is 11.3 Å². The molecule has 2 nitrogen and oxygen atoms in total. The molecule has 0 saturated carbocycles. The summed E-state index contributed by atoms with van der Waals surface area (Å²) in [7, 11) is 0. The number of anilines is 1. The van der Waals surface area contributed by atoms with Gasteiger partial charge in [0.25, 0.3) is 6.85 Å². The zero-order chi connectivity index (χ0) is 17.3. The van der Waals surface area contributed by atoms with Gasteiger partial charge in [0.1, 0.15) is 0 Å². The molecule has 2 aliphatic heterocycles. The molecule has 0 saturated heterocycles. The van der Waals surface area contributed by atoms with Crippen molar-refractivity contribution in [2.45, 2.75) is 0 Å². The second kappa shape index (κ2) is 7.52. The molecule has 0 aliphatic carbocycles. The van der Waals surface area contributed by atoms with Crippen molar-refractivity contribution in [1.82, 2.24) is 0 Å². The third-order valence-corrected chi connectivity index (χ3v) is 4.83. The van der Waals surface area contributed by atoms with E-state index in [9.17, 15) is 0 Å². The van der Waals surface area contributed by atoms with E-state index in [0.29, 0.717) is 0 Å². The first-order chi connectivity index (χ1) is 12.9. The van der Waals surface area contributed by atoms with E-state index in [1.54, 1.807) is 0 Å².